The minimum absolute atomic E-state index is 0.203. The highest BCUT2D eigenvalue weighted by Gasteiger charge is 2.22. The maximum atomic E-state index is 5.12. The lowest BCUT2D eigenvalue weighted by Crippen LogP contribution is -2.45. The van der Waals surface area contributed by atoms with E-state index < -0.39 is 0 Å². The SMILES string of the molecule is CC.CCC(CC)(COC)NC. The number of hydrogen-bond donors (Lipinski definition) is 1. The summed E-state index contributed by atoms with van der Waals surface area (Å²) in [6, 6.07) is 0. The van der Waals surface area contributed by atoms with Crippen molar-refractivity contribution in [3.8, 4) is 0 Å². The van der Waals surface area contributed by atoms with E-state index in [-0.39, 0.29) is 5.54 Å². The molecule has 1 N–H and O–H groups in total. The van der Waals surface area contributed by atoms with E-state index in [9.17, 15) is 0 Å². The lowest BCUT2D eigenvalue weighted by atomic mass is 9.94. The maximum Gasteiger partial charge on any atom is 0.0644 e. The third-order valence-electron chi connectivity index (χ3n) is 2.30. The first-order valence-electron chi connectivity index (χ1n) is 4.92. The molecule has 0 spiro atoms. The molecule has 0 atom stereocenters. The molecule has 0 aromatic rings. The molecule has 0 saturated carbocycles. The highest BCUT2D eigenvalue weighted by molar-refractivity contribution is 4.82. The number of nitrogens with one attached hydrogen (secondary N) is 1. The largest absolute Gasteiger partial charge is 0.383 e. The van der Waals surface area contributed by atoms with Crippen LogP contribution in [0.1, 0.15) is 40.5 Å². The van der Waals surface area contributed by atoms with Crippen molar-refractivity contribution in [2.24, 2.45) is 0 Å². The summed E-state index contributed by atoms with van der Waals surface area (Å²) in [5, 5.41) is 3.29. The molecule has 76 valence electrons. The molecule has 0 amide bonds. The Labute approximate surface area is 77.7 Å². The van der Waals surface area contributed by atoms with Crippen LogP contribution >= 0.6 is 0 Å². The van der Waals surface area contributed by atoms with E-state index in [1.165, 1.54) is 0 Å². The highest BCUT2D eigenvalue weighted by Crippen LogP contribution is 2.13. The van der Waals surface area contributed by atoms with Crippen molar-refractivity contribution < 1.29 is 4.74 Å². The molecule has 0 unspecified atom stereocenters. The van der Waals surface area contributed by atoms with Gasteiger partial charge in [0.2, 0.25) is 0 Å². The van der Waals surface area contributed by atoms with Crippen LogP contribution < -0.4 is 5.32 Å². The van der Waals surface area contributed by atoms with Crippen LogP contribution in [0.15, 0.2) is 0 Å². The van der Waals surface area contributed by atoms with Crippen molar-refractivity contribution >= 4 is 0 Å². The fourth-order valence-corrected chi connectivity index (χ4v) is 1.16. The summed E-state index contributed by atoms with van der Waals surface area (Å²) in [5.41, 5.74) is 0.203. The number of methoxy groups -OCH3 is 1. The summed E-state index contributed by atoms with van der Waals surface area (Å²) in [4.78, 5) is 0. The summed E-state index contributed by atoms with van der Waals surface area (Å²) in [7, 11) is 3.74. The Kier molecular flexibility index (Phi) is 10.8. The van der Waals surface area contributed by atoms with Crippen LogP contribution in [-0.2, 0) is 4.74 Å². The van der Waals surface area contributed by atoms with Gasteiger partial charge in [-0.2, -0.15) is 0 Å². The normalized spacial score (nSPS) is 10.5. The summed E-state index contributed by atoms with van der Waals surface area (Å²) >= 11 is 0. The highest BCUT2D eigenvalue weighted by atomic mass is 16.5. The van der Waals surface area contributed by atoms with E-state index in [1.807, 2.05) is 20.9 Å². The van der Waals surface area contributed by atoms with E-state index in [0.717, 1.165) is 19.4 Å². The molecule has 0 radical (unpaired) electrons. The van der Waals surface area contributed by atoms with Crippen molar-refractivity contribution in [1.82, 2.24) is 5.32 Å². The minimum Gasteiger partial charge on any atom is -0.383 e. The average Bonchev–Trinajstić information content (AvgIpc) is 2.18. The Morgan fingerprint density at radius 2 is 1.58 bits per heavy atom. The van der Waals surface area contributed by atoms with Gasteiger partial charge in [0.05, 0.1) is 6.61 Å². The Morgan fingerprint density at radius 3 is 1.67 bits per heavy atom. The first-order valence-corrected chi connectivity index (χ1v) is 4.92. The van der Waals surface area contributed by atoms with Gasteiger partial charge in [0.1, 0.15) is 0 Å². The maximum absolute atomic E-state index is 5.12. The Hall–Kier alpha value is -0.0800. The molecular weight excluding hydrogens is 150 g/mol. The van der Waals surface area contributed by atoms with E-state index >= 15 is 0 Å². The zero-order valence-corrected chi connectivity index (χ0v) is 9.53. The van der Waals surface area contributed by atoms with Gasteiger partial charge in [-0.05, 0) is 19.9 Å². The number of rotatable bonds is 5. The van der Waals surface area contributed by atoms with Crippen LogP contribution in [0.4, 0.5) is 0 Å². The Morgan fingerprint density at radius 1 is 1.17 bits per heavy atom. The van der Waals surface area contributed by atoms with Crippen LogP contribution in [0.25, 0.3) is 0 Å². The molecule has 0 rings (SSSR count). The number of ether oxygens (including phenoxy) is 1. The summed E-state index contributed by atoms with van der Waals surface area (Å²) < 4.78 is 5.12. The first kappa shape index (κ1) is 14.4. The van der Waals surface area contributed by atoms with Gasteiger partial charge in [-0.25, -0.2) is 0 Å². The second kappa shape index (κ2) is 9.01. The molecule has 0 bridgehead atoms. The fourth-order valence-electron chi connectivity index (χ4n) is 1.16. The third-order valence-corrected chi connectivity index (χ3v) is 2.30. The lowest BCUT2D eigenvalue weighted by molar-refractivity contribution is 0.108. The van der Waals surface area contributed by atoms with Crippen LogP contribution in [0.5, 0.6) is 0 Å². The molecule has 0 aliphatic rings. The van der Waals surface area contributed by atoms with E-state index in [1.54, 1.807) is 7.11 Å². The summed E-state index contributed by atoms with van der Waals surface area (Å²) in [6.07, 6.45) is 2.24. The van der Waals surface area contributed by atoms with Gasteiger partial charge in [-0.1, -0.05) is 27.7 Å². The molecule has 12 heavy (non-hydrogen) atoms. The van der Waals surface area contributed by atoms with Gasteiger partial charge in [0.15, 0.2) is 0 Å². The lowest BCUT2D eigenvalue weighted by Gasteiger charge is -2.30. The van der Waals surface area contributed by atoms with Gasteiger partial charge in [0.25, 0.3) is 0 Å². The zero-order valence-electron chi connectivity index (χ0n) is 9.53. The summed E-state index contributed by atoms with van der Waals surface area (Å²) in [6.45, 7) is 9.16. The van der Waals surface area contributed by atoms with Crippen molar-refractivity contribution in [2.75, 3.05) is 20.8 Å². The topological polar surface area (TPSA) is 21.3 Å². The molecule has 0 aliphatic heterocycles. The second-order valence-electron chi connectivity index (χ2n) is 2.67. The molecule has 0 heterocycles. The fraction of sp³-hybridized carbons (Fsp3) is 1.00. The second-order valence-corrected chi connectivity index (χ2v) is 2.67. The van der Waals surface area contributed by atoms with Crippen molar-refractivity contribution in [2.45, 2.75) is 46.1 Å². The standard InChI is InChI=1S/C8H19NO.C2H6/c1-5-8(6-2,9-3)7-10-4;1-2/h9H,5-7H2,1-4H3;1-2H3. The molecule has 0 saturated heterocycles. The Balaban J connectivity index is 0. The molecule has 2 heteroatoms. The molecule has 0 aromatic heterocycles. The van der Waals surface area contributed by atoms with Crippen molar-refractivity contribution in [1.29, 1.82) is 0 Å². The minimum atomic E-state index is 0.203. The first-order chi connectivity index (χ1) is 5.74. The Bertz CT molecular complexity index is 71.6. The molecule has 0 aromatic carbocycles. The van der Waals surface area contributed by atoms with Gasteiger partial charge < -0.3 is 10.1 Å². The number of likely N-dealkylation sites (N-methyl/N-ethyl adjacent to an activating group) is 1. The van der Waals surface area contributed by atoms with Gasteiger partial charge >= 0.3 is 0 Å². The van der Waals surface area contributed by atoms with Crippen LogP contribution in [0.3, 0.4) is 0 Å². The monoisotopic (exact) mass is 175 g/mol. The third kappa shape index (κ3) is 4.73. The predicted octanol–water partition coefficient (Wildman–Crippen LogP) is 2.44. The van der Waals surface area contributed by atoms with Crippen LogP contribution in [-0.4, -0.2) is 26.3 Å². The zero-order chi connectivity index (χ0) is 10.0. The summed E-state index contributed by atoms with van der Waals surface area (Å²) in [5.74, 6) is 0. The predicted molar refractivity (Wildman–Crippen MR) is 55.6 cm³/mol. The molecular formula is C10H25NO. The van der Waals surface area contributed by atoms with E-state index in [2.05, 4.69) is 19.2 Å². The smallest absolute Gasteiger partial charge is 0.0644 e. The van der Waals surface area contributed by atoms with Gasteiger partial charge in [-0.3, -0.25) is 0 Å². The van der Waals surface area contributed by atoms with Crippen molar-refractivity contribution in [3.63, 3.8) is 0 Å². The average molecular weight is 175 g/mol. The van der Waals surface area contributed by atoms with Crippen LogP contribution in [0, 0.1) is 0 Å². The quantitative estimate of drug-likeness (QED) is 0.693. The van der Waals surface area contributed by atoms with E-state index in [4.69, 9.17) is 4.74 Å². The van der Waals surface area contributed by atoms with Gasteiger partial charge in [0, 0.05) is 12.6 Å². The van der Waals surface area contributed by atoms with Crippen molar-refractivity contribution in [3.05, 3.63) is 0 Å². The van der Waals surface area contributed by atoms with Gasteiger partial charge in [-0.15, -0.1) is 0 Å². The molecule has 0 aliphatic carbocycles. The molecule has 2 nitrogen and oxygen atoms in total. The van der Waals surface area contributed by atoms with Crippen LogP contribution in [0.2, 0.25) is 0 Å². The van der Waals surface area contributed by atoms with E-state index in [0.29, 0.717) is 0 Å². The number of hydrogen-bond acceptors (Lipinski definition) is 2. The molecule has 0 fully saturated rings.